The number of nitrogens with one attached hydrogen (secondary N) is 2. The van der Waals surface area contributed by atoms with E-state index in [9.17, 15) is 9.59 Å². The summed E-state index contributed by atoms with van der Waals surface area (Å²) in [5, 5.41) is 15.5. The maximum absolute atomic E-state index is 12.9. The molecule has 0 unspecified atom stereocenters. The van der Waals surface area contributed by atoms with Gasteiger partial charge in [0.2, 0.25) is 5.91 Å². The number of carbonyl (C=O) groups excluding carboxylic acids is 2. The molecule has 0 spiro atoms. The number of thioether (sulfide) groups is 1. The molecule has 0 aliphatic heterocycles. The molecule has 1 aromatic heterocycles. The fourth-order valence-corrected chi connectivity index (χ4v) is 4.83. The lowest BCUT2D eigenvalue weighted by Gasteiger charge is -2.22. The third-order valence-electron chi connectivity index (χ3n) is 5.88. The molecule has 0 bridgehead atoms. The average Bonchev–Trinajstić information content (AvgIpc) is 3.21. The van der Waals surface area contributed by atoms with E-state index in [2.05, 4.69) is 39.5 Å². The molecule has 0 aliphatic rings. The normalized spacial score (nSPS) is 11.9. The summed E-state index contributed by atoms with van der Waals surface area (Å²) >= 11 is 1.31. The van der Waals surface area contributed by atoms with E-state index >= 15 is 0 Å². The highest BCUT2D eigenvalue weighted by atomic mass is 32.2. The highest BCUT2D eigenvalue weighted by Crippen LogP contribution is 2.27. The molecule has 2 N–H and O–H groups in total. The monoisotopic (exact) mass is 505 g/mol. The van der Waals surface area contributed by atoms with Crippen molar-refractivity contribution in [3.05, 3.63) is 82.7 Å². The Balaban J connectivity index is 1.76. The first-order valence-electron chi connectivity index (χ1n) is 12.0. The Morgan fingerprint density at radius 2 is 1.67 bits per heavy atom. The molecule has 1 heterocycles. The first-order valence-corrected chi connectivity index (χ1v) is 13.0. The summed E-state index contributed by atoms with van der Waals surface area (Å²) < 4.78 is 1.91. The Hall–Kier alpha value is -3.39. The standard InChI is InChI=1S/C28H35N5O2S/c1-8-13-33-26(24(17(2)3)30-27(35)22-11-9-18(4)10-12-22)31-32-28(33)36-16-23(34)29-25-20(6)14-19(5)15-21(25)7/h8-12,14-15,17,24H,1,13,16H2,2-7H3,(H,29,34)(H,30,35)/t24-/m0/s1. The minimum absolute atomic E-state index is 0.0702. The predicted octanol–water partition coefficient (Wildman–Crippen LogP) is 5.56. The van der Waals surface area contributed by atoms with Crippen molar-refractivity contribution in [3.8, 4) is 0 Å². The van der Waals surface area contributed by atoms with E-state index in [0.717, 1.165) is 27.9 Å². The lowest BCUT2D eigenvalue weighted by atomic mass is 10.0. The molecular weight excluding hydrogens is 470 g/mol. The van der Waals surface area contributed by atoms with Gasteiger partial charge >= 0.3 is 0 Å². The number of aromatic nitrogens is 3. The largest absolute Gasteiger partial charge is 0.342 e. The third kappa shape index (κ3) is 6.63. The van der Waals surface area contributed by atoms with Crippen LogP contribution in [0.2, 0.25) is 0 Å². The molecule has 190 valence electrons. The van der Waals surface area contributed by atoms with Crippen LogP contribution < -0.4 is 10.6 Å². The van der Waals surface area contributed by atoms with Crippen molar-refractivity contribution in [2.75, 3.05) is 11.1 Å². The fraction of sp³-hybridized carbons (Fsp3) is 0.357. The van der Waals surface area contributed by atoms with Crippen molar-refractivity contribution in [3.63, 3.8) is 0 Å². The molecule has 0 fully saturated rings. The fourth-order valence-electron chi connectivity index (χ4n) is 4.08. The Morgan fingerprint density at radius 3 is 2.25 bits per heavy atom. The smallest absolute Gasteiger partial charge is 0.251 e. The number of anilines is 1. The quantitative estimate of drug-likeness (QED) is 0.278. The highest BCUT2D eigenvalue weighted by Gasteiger charge is 2.26. The Bertz CT molecular complexity index is 1220. The molecule has 3 aromatic rings. The molecule has 0 saturated heterocycles. The van der Waals surface area contributed by atoms with Crippen molar-refractivity contribution >= 4 is 29.3 Å². The van der Waals surface area contributed by atoms with Crippen molar-refractivity contribution in [2.45, 2.75) is 59.3 Å². The maximum atomic E-state index is 12.9. The maximum Gasteiger partial charge on any atom is 0.251 e. The number of benzene rings is 2. The molecule has 7 nitrogen and oxygen atoms in total. The Kier molecular flexibility index (Phi) is 9.09. The van der Waals surface area contributed by atoms with Crippen LogP contribution in [0.1, 0.15) is 58.3 Å². The number of carbonyl (C=O) groups is 2. The van der Waals surface area contributed by atoms with Gasteiger partial charge in [0.1, 0.15) is 0 Å². The number of hydrogen-bond donors (Lipinski definition) is 2. The lowest BCUT2D eigenvalue weighted by molar-refractivity contribution is -0.113. The third-order valence-corrected chi connectivity index (χ3v) is 6.84. The summed E-state index contributed by atoms with van der Waals surface area (Å²) in [6.45, 7) is 16.4. The molecule has 0 radical (unpaired) electrons. The van der Waals surface area contributed by atoms with Crippen LogP contribution in [0, 0.1) is 33.6 Å². The Labute approximate surface area is 217 Å². The summed E-state index contributed by atoms with van der Waals surface area (Å²) in [6, 6.07) is 11.2. The number of aryl methyl sites for hydroxylation is 4. The molecule has 1 atom stereocenters. The molecule has 0 aliphatic carbocycles. The molecule has 8 heteroatoms. The number of allylic oxidation sites excluding steroid dienone is 1. The van der Waals surface area contributed by atoms with Crippen LogP contribution >= 0.6 is 11.8 Å². The minimum Gasteiger partial charge on any atom is -0.342 e. The summed E-state index contributed by atoms with van der Waals surface area (Å²) in [5.74, 6) is 0.612. The molecule has 0 saturated carbocycles. The molecule has 36 heavy (non-hydrogen) atoms. The summed E-state index contributed by atoms with van der Waals surface area (Å²) in [4.78, 5) is 25.7. The lowest BCUT2D eigenvalue weighted by Crippen LogP contribution is -2.33. The van der Waals surface area contributed by atoms with E-state index in [1.165, 1.54) is 11.8 Å². The second-order valence-corrected chi connectivity index (χ2v) is 10.4. The zero-order valence-electron chi connectivity index (χ0n) is 21.9. The number of hydrogen-bond acceptors (Lipinski definition) is 5. The van der Waals surface area contributed by atoms with Gasteiger partial charge in [0.05, 0.1) is 11.8 Å². The summed E-state index contributed by atoms with van der Waals surface area (Å²) in [6.07, 6.45) is 1.76. The average molecular weight is 506 g/mol. The minimum atomic E-state index is -0.354. The number of nitrogens with zero attached hydrogens (tertiary/aromatic N) is 3. The first-order chi connectivity index (χ1) is 17.1. The van der Waals surface area contributed by atoms with Crippen LogP contribution in [-0.4, -0.2) is 32.3 Å². The van der Waals surface area contributed by atoms with E-state index in [1.807, 2.05) is 70.4 Å². The van der Waals surface area contributed by atoms with Gasteiger partial charge in [0, 0.05) is 17.8 Å². The second-order valence-electron chi connectivity index (χ2n) is 9.41. The van der Waals surface area contributed by atoms with Crippen molar-refractivity contribution in [1.82, 2.24) is 20.1 Å². The van der Waals surface area contributed by atoms with Gasteiger partial charge in [-0.25, -0.2) is 0 Å². The Morgan fingerprint density at radius 1 is 1.03 bits per heavy atom. The van der Waals surface area contributed by atoms with Crippen LogP contribution in [0.5, 0.6) is 0 Å². The van der Waals surface area contributed by atoms with Gasteiger partial charge in [-0.2, -0.15) is 0 Å². The van der Waals surface area contributed by atoms with Crippen LogP contribution in [0.25, 0.3) is 0 Å². The van der Waals surface area contributed by atoms with Crippen molar-refractivity contribution in [1.29, 1.82) is 0 Å². The molecule has 2 aromatic carbocycles. The molecule has 2 amide bonds. The van der Waals surface area contributed by atoms with Crippen LogP contribution in [0.4, 0.5) is 5.69 Å². The molecular formula is C28H35N5O2S. The zero-order chi connectivity index (χ0) is 26.4. The van der Waals surface area contributed by atoms with E-state index in [0.29, 0.717) is 23.1 Å². The van der Waals surface area contributed by atoms with Crippen molar-refractivity contribution in [2.24, 2.45) is 5.92 Å². The van der Waals surface area contributed by atoms with E-state index in [4.69, 9.17) is 0 Å². The van der Waals surface area contributed by atoms with Gasteiger partial charge in [-0.1, -0.05) is 67.1 Å². The van der Waals surface area contributed by atoms with Gasteiger partial charge in [-0.15, -0.1) is 16.8 Å². The van der Waals surface area contributed by atoms with Crippen LogP contribution in [0.15, 0.2) is 54.2 Å². The van der Waals surface area contributed by atoms with E-state index in [1.54, 1.807) is 6.08 Å². The van der Waals surface area contributed by atoms with Crippen LogP contribution in [0.3, 0.4) is 0 Å². The zero-order valence-corrected chi connectivity index (χ0v) is 22.7. The number of rotatable bonds is 10. The number of amides is 2. The SMILES string of the molecule is C=CCn1c(SCC(=O)Nc2c(C)cc(C)cc2C)nnc1[C@@H](NC(=O)c1ccc(C)cc1)C(C)C. The van der Waals surface area contributed by atoms with Crippen LogP contribution in [-0.2, 0) is 11.3 Å². The van der Waals surface area contributed by atoms with E-state index < -0.39 is 0 Å². The van der Waals surface area contributed by atoms with Gasteiger partial charge in [-0.3, -0.25) is 9.59 Å². The van der Waals surface area contributed by atoms with Gasteiger partial charge in [-0.05, 0) is 56.9 Å². The molecule has 3 rings (SSSR count). The van der Waals surface area contributed by atoms with Gasteiger partial charge in [0.15, 0.2) is 11.0 Å². The van der Waals surface area contributed by atoms with Gasteiger partial charge in [0.25, 0.3) is 5.91 Å². The topological polar surface area (TPSA) is 88.9 Å². The highest BCUT2D eigenvalue weighted by molar-refractivity contribution is 7.99. The van der Waals surface area contributed by atoms with E-state index in [-0.39, 0.29) is 29.5 Å². The summed E-state index contributed by atoms with van der Waals surface area (Å²) in [5.41, 5.74) is 5.76. The van der Waals surface area contributed by atoms with Crippen molar-refractivity contribution < 1.29 is 9.59 Å². The second kappa shape index (κ2) is 12.0. The predicted molar refractivity (Wildman–Crippen MR) is 146 cm³/mol. The van der Waals surface area contributed by atoms with Gasteiger partial charge < -0.3 is 15.2 Å². The summed E-state index contributed by atoms with van der Waals surface area (Å²) in [7, 11) is 0. The first kappa shape index (κ1) is 27.2.